The largest absolute Gasteiger partial charge is 0.422 e. The molecule has 0 unspecified atom stereocenters. The summed E-state index contributed by atoms with van der Waals surface area (Å²) < 4.78 is 93.0. The average Bonchev–Trinajstić information content (AvgIpc) is 3.10. The molecule has 6 nitrogen and oxygen atoms in total. The summed E-state index contributed by atoms with van der Waals surface area (Å²) in [6.45, 7) is 0. The summed E-state index contributed by atoms with van der Waals surface area (Å²) >= 11 is 7.17. The maximum atomic E-state index is 14.2. The molecule has 0 aromatic carbocycles. The Morgan fingerprint density at radius 2 is 1.88 bits per heavy atom. The van der Waals surface area contributed by atoms with Gasteiger partial charge in [-0.25, -0.2) is 9.36 Å². The molecule has 1 amide bonds. The molecular formula is C18H12ClF7IN5OS. The highest BCUT2D eigenvalue weighted by atomic mass is 127. The van der Waals surface area contributed by atoms with E-state index in [1.807, 2.05) is 0 Å². The van der Waals surface area contributed by atoms with Crippen LogP contribution in [0.4, 0.5) is 30.7 Å². The van der Waals surface area contributed by atoms with E-state index in [0.717, 1.165) is 43.6 Å². The lowest BCUT2D eigenvalue weighted by atomic mass is 10.1. The summed E-state index contributed by atoms with van der Waals surface area (Å²) in [7, 11) is 0.902. The molecule has 16 heteroatoms. The molecule has 1 N–H and O–H groups in total. The fraction of sp³-hybridized carbons (Fsp3) is 0.389. The number of hydrogen-bond donors (Lipinski definition) is 1. The number of carbonyl (C=O) groups excluding carboxylic acids is 1. The number of thiophene rings is 1. The van der Waals surface area contributed by atoms with Gasteiger partial charge in [-0.05, 0) is 18.9 Å². The molecule has 0 atom stereocenters. The molecule has 0 bridgehead atoms. The number of amides is 1. The lowest BCUT2D eigenvalue weighted by molar-refractivity contribution is -0.165. The van der Waals surface area contributed by atoms with Crippen LogP contribution in [-0.2, 0) is 19.1 Å². The van der Waals surface area contributed by atoms with Crippen molar-refractivity contribution in [3.8, 4) is 16.3 Å². The number of carbonyl (C=O) groups is 1. The second-order valence-corrected chi connectivity index (χ2v) is 10.5. The Labute approximate surface area is 209 Å². The Bertz CT molecular complexity index is 1260. The first-order chi connectivity index (χ1) is 15.6. The second-order valence-electron chi connectivity index (χ2n) is 7.46. The van der Waals surface area contributed by atoms with Gasteiger partial charge in [-0.3, -0.25) is 4.79 Å². The van der Waals surface area contributed by atoms with Gasteiger partial charge < -0.3 is 5.32 Å². The van der Waals surface area contributed by atoms with Crippen molar-refractivity contribution in [2.45, 2.75) is 34.9 Å². The van der Waals surface area contributed by atoms with Crippen LogP contribution in [0.5, 0.6) is 0 Å². The minimum absolute atomic E-state index is 0.0706. The molecule has 1 saturated carbocycles. The van der Waals surface area contributed by atoms with Gasteiger partial charge in [0.15, 0.2) is 11.5 Å². The molecule has 1 aliphatic rings. The maximum absolute atomic E-state index is 14.2. The van der Waals surface area contributed by atoms with Crippen LogP contribution in [-0.4, -0.2) is 35.4 Å². The maximum Gasteiger partial charge on any atom is 0.422 e. The van der Waals surface area contributed by atoms with Gasteiger partial charge in [-0.1, -0.05) is 11.6 Å². The highest BCUT2D eigenvalue weighted by molar-refractivity contribution is 14.1. The van der Waals surface area contributed by atoms with Crippen LogP contribution >= 0.6 is 45.5 Å². The minimum atomic E-state index is -5.45. The topological polar surface area (TPSA) is 64.7 Å². The fourth-order valence-corrected chi connectivity index (χ4v) is 4.62. The summed E-state index contributed by atoms with van der Waals surface area (Å²) in [4.78, 5) is 12.7. The first-order valence-electron chi connectivity index (χ1n) is 9.36. The number of alkyl halides is 8. The minimum Gasteiger partial charge on any atom is -0.349 e. The van der Waals surface area contributed by atoms with E-state index in [-0.39, 0.29) is 44.1 Å². The van der Waals surface area contributed by atoms with Gasteiger partial charge in [0.2, 0.25) is 0 Å². The second kappa shape index (κ2) is 8.36. The standard InChI is InChI=1S/C18H12ClF7IN5OS/c1-31-15(11(17(22,23)24)12(30-31)16(20,21)18(25,26)27)32-6-7(5-28-32)10-4-9(13(19)34-10)14(33)29-8-2-3-8/h4-6,8H,2-3H2,1H3,(H,29,33). The zero-order valence-electron chi connectivity index (χ0n) is 16.7. The third kappa shape index (κ3) is 4.53. The first kappa shape index (κ1) is 25.2. The molecular weight excluding hydrogens is 630 g/mol. The van der Waals surface area contributed by atoms with Crippen molar-refractivity contribution in [3.05, 3.63) is 39.6 Å². The Morgan fingerprint density at radius 1 is 1.24 bits per heavy atom. The normalized spacial score (nSPS) is 15.1. The van der Waals surface area contributed by atoms with Gasteiger partial charge in [-0.2, -0.15) is 40.9 Å². The molecule has 3 aromatic rings. The van der Waals surface area contributed by atoms with Crippen LogP contribution in [0, 0.1) is 0 Å². The monoisotopic (exact) mass is 641 g/mol. The highest BCUT2D eigenvalue weighted by Crippen LogP contribution is 2.51. The van der Waals surface area contributed by atoms with Crippen LogP contribution in [0.25, 0.3) is 16.3 Å². The Balaban J connectivity index is 1.77. The van der Waals surface area contributed by atoms with E-state index in [9.17, 15) is 35.5 Å². The third-order valence-electron chi connectivity index (χ3n) is 4.88. The smallest absolute Gasteiger partial charge is 0.349 e. The summed E-state index contributed by atoms with van der Waals surface area (Å²) in [5, 5.41) is 9.62. The zero-order chi connectivity index (χ0) is 25.2. The van der Waals surface area contributed by atoms with Crippen LogP contribution < -0.4 is 5.32 Å². The Morgan fingerprint density at radius 3 is 2.44 bits per heavy atom. The molecule has 0 spiro atoms. The predicted octanol–water partition coefficient (Wildman–Crippen LogP) is 6.02. The molecule has 1 fully saturated rings. The number of halogens is 9. The number of hydrogen-bond acceptors (Lipinski definition) is 4. The van der Waals surface area contributed by atoms with E-state index >= 15 is 0 Å². The lowest BCUT2D eigenvalue weighted by Gasteiger charge is -2.21. The van der Waals surface area contributed by atoms with E-state index in [1.54, 1.807) is 0 Å². The van der Waals surface area contributed by atoms with E-state index in [2.05, 4.69) is 15.5 Å². The van der Waals surface area contributed by atoms with Gasteiger partial charge >= 0.3 is 16.0 Å². The van der Waals surface area contributed by atoms with Crippen molar-refractivity contribution in [2.75, 3.05) is 0 Å². The molecule has 3 aromatic heterocycles. The highest BCUT2D eigenvalue weighted by Gasteiger charge is 2.61. The molecule has 0 saturated heterocycles. The zero-order valence-corrected chi connectivity index (χ0v) is 20.5. The summed E-state index contributed by atoms with van der Waals surface area (Å²) in [5.41, 5.74) is -3.77. The summed E-state index contributed by atoms with van der Waals surface area (Å²) in [6, 6.07) is 1.50. The van der Waals surface area contributed by atoms with Crippen LogP contribution in [0.1, 0.15) is 34.5 Å². The van der Waals surface area contributed by atoms with Crippen LogP contribution in [0.3, 0.4) is 0 Å². The third-order valence-corrected chi connectivity index (χ3v) is 6.97. The summed E-state index contributed by atoms with van der Waals surface area (Å²) in [5.74, 6) is -6.60. The number of aromatic nitrogens is 4. The number of rotatable bonds is 6. The average molecular weight is 642 g/mol. The Hall–Kier alpha value is -1.88. The quantitative estimate of drug-likeness (QED) is 0.204. The van der Waals surface area contributed by atoms with E-state index in [4.69, 9.17) is 11.6 Å². The molecule has 0 radical (unpaired) electrons. The van der Waals surface area contributed by atoms with E-state index in [0.29, 0.717) is 14.2 Å². The van der Waals surface area contributed by atoms with E-state index in [1.165, 1.54) is 6.07 Å². The first-order valence-corrected chi connectivity index (χ1v) is 11.6. The SMILES string of the molecule is Cn1nc(C(F)(F)C(F)(F)I)c(C(F)(F)F)c1-n1cc(-c2cc(C(=O)NC3CC3)c(Cl)s2)cn1. The summed E-state index contributed by atoms with van der Waals surface area (Å²) in [6.07, 6.45) is -1.55. The molecule has 4 rings (SSSR count). The number of nitrogens with zero attached hydrogens (tertiary/aromatic N) is 4. The van der Waals surface area contributed by atoms with Crippen LogP contribution in [0.15, 0.2) is 18.5 Å². The van der Waals surface area contributed by atoms with Gasteiger partial charge in [-0.15, -0.1) is 11.3 Å². The molecule has 3 heterocycles. The van der Waals surface area contributed by atoms with Crippen LogP contribution in [0.2, 0.25) is 4.34 Å². The molecule has 0 aliphatic heterocycles. The fourth-order valence-electron chi connectivity index (χ4n) is 3.12. The van der Waals surface area contributed by atoms with Crippen molar-refractivity contribution >= 4 is 51.4 Å². The van der Waals surface area contributed by atoms with Crippen molar-refractivity contribution in [1.82, 2.24) is 24.9 Å². The lowest BCUT2D eigenvalue weighted by Crippen LogP contribution is -2.34. The number of nitrogens with one attached hydrogen (secondary N) is 1. The van der Waals surface area contributed by atoms with Crippen molar-refractivity contribution in [1.29, 1.82) is 0 Å². The predicted molar refractivity (Wildman–Crippen MR) is 117 cm³/mol. The van der Waals surface area contributed by atoms with Gasteiger partial charge in [0.05, 0.1) is 11.8 Å². The molecule has 1 aliphatic carbocycles. The molecule has 34 heavy (non-hydrogen) atoms. The molecule has 184 valence electrons. The van der Waals surface area contributed by atoms with Gasteiger partial charge in [0, 0.05) is 52.3 Å². The van der Waals surface area contributed by atoms with Crippen molar-refractivity contribution in [3.63, 3.8) is 0 Å². The number of aryl methyl sites for hydroxylation is 1. The Kier molecular flexibility index (Phi) is 6.20. The van der Waals surface area contributed by atoms with Crippen molar-refractivity contribution < 1.29 is 35.5 Å². The van der Waals surface area contributed by atoms with Gasteiger partial charge in [0.25, 0.3) is 5.91 Å². The van der Waals surface area contributed by atoms with Crippen molar-refractivity contribution in [2.24, 2.45) is 7.05 Å². The van der Waals surface area contributed by atoms with Gasteiger partial charge in [0.1, 0.15) is 9.90 Å². The van der Waals surface area contributed by atoms with E-state index < -0.39 is 39.0 Å².